The van der Waals surface area contributed by atoms with Crippen molar-refractivity contribution in [2.24, 2.45) is 0 Å². The van der Waals surface area contributed by atoms with E-state index in [9.17, 15) is 0 Å². The van der Waals surface area contributed by atoms with Crippen LogP contribution in [0.15, 0.2) is 249 Å². The quantitative estimate of drug-likeness (QED) is 0.142. The average Bonchev–Trinajstić information content (AvgIpc) is 3.33. The predicted octanol–water partition coefficient (Wildman–Crippen LogP) is 16.3. The summed E-state index contributed by atoms with van der Waals surface area (Å²) < 4.78 is 0. The van der Waals surface area contributed by atoms with Crippen LogP contribution in [0.4, 0.5) is 17.1 Å². The van der Waals surface area contributed by atoms with Gasteiger partial charge in [0.1, 0.15) is 0 Å². The number of fused-ring (bicyclic) bond motifs is 1. The summed E-state index contributed by atoms with van der Waals surface area (Å²) in [7, 11) is 0. The Morgan fingerprint density at radius 1 is 0.203 bits per heavy atom. The van der Waals surface area contributed by atoms with Crippen molar-refractivity contribution in [3.05, 3.63) is 249 Å². The molecule has 0 heterocycles. The molecular formula is C58H41N. The third-order valence-corrected chi connectivity index (χ3v) is 11.3. The van der Waals surface area contributed by atoms with E-state index < -0.39 is 0 Å². The van der Waals surface area contributed by atoms with Gasteiger partial charge in [0.25, 0.3) is 0 Å². The highest BCUT2D eigenvalue weighted by Gasteiger charge is 2.21. The van der Waals surface area contributed by atoms with Crippen LogP contribution < -0.4 is 4.90 Å². The van der Waals surface area contributed by atoms with Crippen LogP contribution in [0.2, 0.25) is 0 Å². The largest absolute Gasteiger partial charge is 0.310 e. The summed E-state index contributed by atoms with van der Waals surface area (Å²) in [5, 5.41) is 2.42. The maximum absolute atomic E-state index is 2.42. The van der Waals surface area contributed by atoms with Crippen molar-refractivity contribution in [1.82, 2.24) is 0 Å². The molecular weight excluding hydrogens is 711 g/mol. The zero-order valence-corrected chi connectivity index (χ0v) is 32.6. The molecule has 1 heteroatoms. The highest BCUT2D eigenvalue weighted by atomic mass is 15.1. The molecule has 10 aromatic rings. The van der Waals surface area contributed by atoms with Gasteiger partial charge in [-0.1, -0.05) is 212 Å². The van der Waals surface area contributed by atoms with Crippen LogP contribution in [0.5, 0.6) is 0 Å². The Kier molecular flexibility index (Phi) is 9.68. The number of hydrogen-bond donors (Lipinski definition) is 0. The lowest BCUT2D eigenvalue weighted by Gasteiger charge is -2.29. The van der Waals surface area contributed by atoms with Crippen molar-refractivity contribution < 1.29 is 0 Å². The van der Waals surface area contributed by atoms with Crippen molar-refractivity contribution in [2.45, 2.75) is 0 Å². The number of para-hydroxylation sites is 1. The molecule has 0 fully saturated rings. The van der Waals surface area contributed by atoms with Gasteiger partial charge in [-0.25, -0.2) is 0 Å². The average molecular weight is 752 g/mol. The molecule has 10 rings (SSSR count). The standard InChI is InChI=1S/C58H41N/c1-4-16-42(17-5-1)45-28-30-46(31-29-45)47-32-36-51(37-33-47)59(52-38-34-44-20-10-11-23-49(44)40-52)58-27-15-14-26-56(58)57-41-50(43-18-6-2-7-19-43)35-39-55(57)54-25-13-12-24-53(54)48-21-8-3-9-22-48/h1-41H. The molecule has 0 aliphatic rings. The molecule has 0 aromatic heterocycles. The molecule has 0 aliphatic carbocycles. The number of nitrogens with zero attached hydrogens (tertiary/aromatic N) is 1. The van der Waals surface area contributed by atoms with E-state index in [0.29, 0.717) is 0 Å². The van der Waals surface area contributed by atoms with Gasteiger partial charge < -0.3 is 4.90 Å². The van der Waals surface area contributed by atoms with Crippen molar-refractivity contribution in [2.75, 3.05) is 4.90 Å². The molecule has 0 saturated heterocycles. The number of hydrogen-bond acceptors (Lipinski definition) is 1. The predicted molar refractivity (Wildman–Crippen MR) is 251 cm³/mol. The van der Waals surface area contributed by atoms with E-state index in [-0.39, 0.29) is 0 Å². The van der Waals surface area contributed by atoms with Crippen LogP contribution in [-0.4, -0.2) is 0 Å². The first-order valence-corrected chi connectivity index (χ1v) is 20.3. The van der Waals surface area contributed by atoms with Gasteiger partial charge >= 0.3 is 0 Å². The van der Waals surface area contributed by atoms with Crippen molar-refractivity contribution in [1.29, 1.82) is 0 Å². The van der Waals surface area contributed by atoms with Crippen molar-refractivity contribution >= 4 is 27.8 Å². The number of anilines is 3. The molecule has 59 heavy (non-hydrogen) atoms. The fourth-order valence-electron chi connectivity index (χ4n) is 8.33. The third-order valence-electron chi connectivity index (χ3n) is 11.3. The Labute approximate surface area is 346 Å². The minimum atomic E-state index is 1.09. The summed E-state index contributed by atoms with van der Waals surface area (Å²) in [6, 6.07) is 89.9. The lowest BCUT2D eigenvalue weighted by Crippen LogP contribution is -2.11. The van der Waals surface area contributed by atoms with E-state index in [1.807, 2.05) is 0 Å². The van der Waals surface area contributed by atoms with Crippen molar-refractivity contribution in [3.63, 3.8) is 0 Å². The van der Waals surface area contributed by atoms with E-state index in [1.54, 1.807) is 0 Å². The second kappa shape index (κ2) is 16.0. The molecule has 0 amide bonds. The number of benzene rings is 10. The lowest BCUT2D eigenvalue weighted by atomic mass is 9.86. The van der Waals surface area contributed by atoms with Gasteiger partial charge in [-0.3, -0.25) is 0 Å². The first-order valence-electron chi connectivity index (χ1n) is 20.3. The van der Waals surface area contributed by atoms with Gasteiger partial charge in [-0.05, 0) is 108 Å². The maximum Gasteiger partial charge on any atom is 0.0540 e. The van der Waals surface area contributed by atoms with Crippen LogP contribution in [0.1, 0.15) is 0 Å². The van der Waals surface area contributed by atoms with Crippen LogP contribution in [0.25, 0.3) is 77.5 Å². The summed E-state index contributed by atoms with van der Waals surface area (Å²) >= 11 is 0. The fraction of sp³-hybridized carbons (Fsp3) is 0. The molecule has 0 atom stereocenters. The Morgan fingerprint density at radius 2 is 0.627 bits per heavy atom. The molecule has 0 unspecified atom stereocenters. The zero-order valence-electron chi connectivity index (χ0n) is 32.6. The molecule has 0 aliphatic heterocycles. The minimum Gasteiger partial charge on any atom is -0.310 e. The van der Waals surface area contributed by atoms with Crippen LogP contribution in [0.3, 0.4) is 0 Å². The van der Waals surface area contributed by atoms with Gasteiger partial charge in [0, 0.05) is 16.9 Å². The van der Waals surface area contributed by atoms with Crippen LogP contribution in [-0.2, 0) is 0 Å². The fourth-order valence-corrected chi connectivity index (χ4v) is 8.33. The lowest BCUT2D eigenvalue weighted by molar-refractivity contribution is 1.29. The van der Waals surface area contributed by atoms with Gasteiger partial charge in [0.05, 0.1) is 5.69 Å². The molecule has 0 bridgehead atoms. The smallest absolute Gasteiger partial charge is 0.0540 e. The summed E-state index contributed by atoms with van der Waals surface area (Å²) in [5.74, 6) is 0. The Bertz CT molecular complexity index is 3000. The summed E-state index contributed by atoms with van der Waals surface area (Å²) in [6.45, 7) is 0. The molecule has 1 nitrogen and oxygen atoms in total. The van der Waals surface area contributed by atoms with Gasteiger partial charge in [-0.15, -0.1) is 0 Å². The molecule has 0 N–H and O–H groups in total. The molecule has 0 saturated carbocycles. The molecule has 10 aromatic carbocycles. The van der Waals surface area contributed by atoms with Crippen molar-refractivity contribution in [3.8, 4) is 66.8 Å². The van der Waals surface area contributed by atoms with E-state index in [4.69, 9.17) is 0 Å². The zero-order chi connectivity index (χ0) is 39.4. The second-order valence-corrected chi connectivity index (χ2v) is 14.9. The Balaban J connectivity index is 1.15. The Morgan fingerprint density at radius 3 is 1.27 bits per heavy atom. The Hall–Kier alpha value is -7.74. The summed E-state index contributed by atoms with van der Waals surface area (Å²) in [6.07, 6.45) is 0. The maximum atomic E-state index is 2.42. The third kappa shape index (κ3) is 7.23. The van der Waals surface area contributed by atoms with Crippen LogP contribution >= 0.6 is 0 Å². The van der Waals surface area contributed by atoms with Gasteiger partial charge in [0.2, 0.25) is 0 Å². The molecule has 0 radical (unpaired) electrons. The van der Waals surface area contributed by atoms with E-state index in [0.717, 1.165) is 22.6 Å². The highest BCUT2D eigenvalue weighted by molar-refractivity contribution is 5.99. The van der Waals surface area contributed by atoms with Gasteiger partial charge in [-0.2, -0.15) is 0 Å². The minimum absolute atomic E-state index is 1.09. The highest BCUT2D eigenvalue weighted by Crippen LogP contribution is 2.47. The van der Waals surface area contributed by atoms with Crippen LogP contribution in [0, 0.1) is 0 Å². The summed E-state index contributed by atoms with van der Waals surface area (Å²) in [5.41, 5.74) is 17.6. The van der Waals surface area contributed by atoms with E-state index >= 15 is 0 Å². The van der Waals surface area contributed by atoms with E-state index in [1.165, 1.54) is 72.0 Å². The first kappa shape index (κ1) is 35.7. The monoisotopic (exact) mass is 751 g/mol. The van der Waals surface area contributed by atoms with Gasteiger partial charge in [0.15, 0.2) is 0 Å². The van der Waals surface area contributed by atoms with E-state index in [2.05, 4.69) is 254 Å². The normalized spacial score (nSPS) is 11.1. The molecule has 0 spiro atoms. The first-order chi connectivity index (χ1) is 29.3. The SMILES string of the molecule is c1ccc(-c2ccc(-c3ccc(N(c4ccc5ccccc5c4)c4ccccc4-c4cc(-c5ccccc5)ccc4-c4ccccc4-c4ccccc4)cc3)cc2)cc1. The number of rotatable bonds is 9. The molecule has 278 valence electrons. The second-order valence-electron chi connectivity index (χ2n) is 14.9. The topological polar surface area (TPSA) is 3.24 Å². The summed E-state index contributed by atoms with van der Waals surface area (Å²) in [4.78, 5) is 2.42.